The number of carbonyl (C=O) groups is 1. The summed E-state index contributed by atoms with van der Waals surface area (Å²) in [7, 11) is 1.64. The lowest BCUT2D eigenvalue weighted by Gasteiger charge is -2.46. The Morgan fingerprint density at radius 2 is 1.83 bits per heavy atom. The van der Waals surface area contributed by atoms with Gasteiger partial charge >= 0.3 is 0 Å². The number of anilines is 4. The Labute approximate surface area is 280 Å². The van der Waals surface area contributed by atoms with Crippen LogP contribution in [0.3, 0.4) is 0 Å². The van der Waals surface area contributed by atoms with Gasteiger partial charge in [-0.05, 0) is 68.0 Å². The Bertz CT molecular complexity index is 1960. The largest absolute Gasteiger partial charge is 0.378 e. The molecule has 0 aromatic carbocycles. The molecule has 1 amide bonds. The van der Waals surface area contributed by atoms with E-state index in [1.165, 1.54) is 15.9 Å². The number of hydrogen-bond donors (Lipinski definition) is 1. The van der Waals surface area contributed by atoms with Crippen molar-refractivity contribution in [2.45, 2.75) is 59.2 Å². The van der Waals surface area contributed by atoms with Crippen LogP contribution in [-0.4, -0.2) is 86.6 Å². The first-order valence-corrected chi connectivity index (χ1v) is 17.0. The van der Waals surface area contributed by atoms with Gasteiger partial charge in [-0.1, -0.05) is 13.8 Å². The summed E-state index contributed by atoms with van der Waals surface area (Å²) in [5, 5.41) is 7.83. The van der Waals surface area contributed by atoms with Crippen molar-refractivity contribution in [1.29, 1.82) is 0 Å². The number of rotatable bonds is 6. The maximum absolute atomic E-state index is 13.8. The molecule has 0 bridgehead atoms. The summed E-state index contributed by atoms with van der Waals surface area (Å²) >= 11 is 0. The zero-order chi connectivity index (χ0) is 33.3. The second kappa shape index (κ2) is 11.6. The van der Waals surface area contributed by atoms with E-state index >= 15 is 0 Å². The predicted molar refractivity (Wildman–Crippen MR) is 185 cm³/mol. The van der Waals surface area contributed by atoms with Crippen molar-refractivity contribution in [2.75, 3.05) is 54.5 Å². The minimum absolute atomic E-state index is 0.0317. The van der Waals surface area contributed by atoms with E-state index in [0.29, 0.717) is 41.6 Å². The first-order valence-electron chi connectivity index (χ1n) is 17.0. The molecule has 12 nitrogen and oxygen atoms in total. The van der Waals surface area contributed by atoms with Crippen LogP contribution in [0, 0.1) is 12.3 Å². The van der Waals surface area contributed by atoms with Crippen LogP contribution in [-0.2, 0) is 31.2 Å². The summed E-state index contributed by atoms with van der Waals surface area (Å²) in [6.45, 7) is 14.7. The molecule has 48 heavy (non-hydrogen) atoms. The predicted octanol–water partition coefficient (Wildman–Crippen LogP) is 3.79. The molecule has 1 N–H and O–H groups in total. The second-order valence-corrected chi connectivity index (χ2v) is 14.6. The number of aryl methyl sites for hydroxylation is 1. The molecule has 250 valence electrons. The minimum Gasteiger partial charge on any atom is -0.378 e. The highest BCUT2D eigenvalue weighted by Gasteiger charge is 2.37. The van der Waals surface area contributed by atoms with E-state index in [0.717, 1.165) is 74.7 Å². The van der Waals surface area contributed by atoms with Gasteiger partial charge in [-0.15, -0.1) is 0 Å². The van der Waals surface area contributed by atoms with Gasteiger partial charge in [-0.2, -0.15) is 5.10 Å². The highest BCUT2D eigenvalue weighted by molar-refractivity contribution is 6.06. The van der Waals surface area contributed by atoms with E-state index < -0.39 is 0 Å². The van der Waals surface area contributed by atoms with E-state index in [9.17, 15) is 9.59 Å². The van der Waals surface area contributed by atoms with Gasteiger partial charge in [-0.25, -0.2) is 14.6 Å². The zero-order valence-electron chi connectivity index (χ0n) is 28.4. The van der Waals surface area contributed by atoms with Gasteiger partial charge in [0.1, 0.15) is 23.0 Å². The van der Waals surface area contributed by atoms with Crippen molar-refractivity contribution in [1.82, 2.24) is 29.2 Å². The van der Waals surface area contributed by atoms with Crippen LogP contribution in [0.2, 0.25) is 0 Å². The van der Waals surface area contributed by atoms with Crippen LogP contribution in [0.4, 0.5) is 23.0 Å². The number of hydrogen-bond acceptors (Lipinski definition) is 9. The molecular formula is C36H43N9O3. The van der Waals surface area contributed by atoms with E-state index in [4.69, 9.17) is 4.74 Å². The van der Waals surface area contributed by atoms with Crippen molar-refractivity contribution in [3.8, 4) is 11.3 Å². The molecule has 2 saturated heterocycles. The number of carbonyl (C=O) groups excluding carboxylic acids is 1. The molecular weight excluding hydrogens is 606 g/mol. The molecule has 7 heterocycles. The molecule has 1 atom stereocenters. The molecule has 0 unspecified atom stereocenters. The van der Waals surface area contributed by atoms with Gasteiger partial charge in [0.25, 0.3) is 11.5 Å². The summed E-state index contributed by atoms with van der Waals surface area (Å²) in [5.41, 5.74) is 6.97. The highest BCUT2D eigenvalue weighted by Crippen LogP contribution is 2.40. The Hall–Kier alpha value is -4.55. The normalized spacial score (nSPS) is 20.9. The lowest BCUT2D eigenvalue weighted by molar-refractivity contribution is -0.0691. The Morgan fingerprint density at radius 3 is 2.56 bits per heavy atom. The maximum Gasteiger partial charge on any atom is 0.290 e. The van der Waals surface area contributed by atoms with Crippen LogP contribution in [0.5, 0.6) is 0 Å². The average molecular weight is 650 g/mol. The molecule has 12 heteroatoms. The van der Waals surface area contributed by atoms with Crippen molar-refractivity contribution in [3.05, 3.63) is 75.6 Å². The number of piperazine rings is 1. The molecule has 4 aromatic heterocycles. The molecule has 2 fully saturated rings. The average Bonchev–Trinajstić information content (AvgIpc) is 3.52. The van der Waals surface area contributed by atoms with Gasteiger partial charge in [0.05, 0.1) is 36.8 Å². The summed E-state index contributed by atoms with van der Waals surface area (Å²) < 4.78 is 8.94. The smallest absolute Gasteiger partial charge is 0.290 e. The third kappa shape index (κ3) is 5.27. The van der Waals surface area contributed by atoms with Gasteiger partial charge in [0.15, 0.2) is 0 Å². The molecule has 4 aromatic rings. The van der Waals surface area contributed by atoms with E-state index in [1.807, 2.05) is 25.3 Å². The van der Waals surface area contributed by atoms with Gasteiger partial charge in [-0.3, -0.25) is 19.4 Å². The fourth-order valence-electron chi connectivity index (χ4n) is 7.92. The SMILES string of the molecule is Cc1c(-c2cc(Nc3ccc(N4CCN(C5COC5)C[C@@H]4C)cn3)c(=O)n(C)n2)ccnc1N1CCn2c(cc3c2CC(C)(C)C3)C1=O. The number of nitrogens with zero attached hydrogens (tertiary/aromatic N) is 8. The standard InChI is InChI=1S/C36H43N9O3/c1-22-19-42(26-20-48-21-26)10-11-43(22)25-6-7-32(38-18-25)39-29-15-28(40-41(5)34(29)46)27-8-9-37-33(23(27)2)45-13-12-44-30(35(45)47)14-24-16-36(3,4)17-31(24)44/h6-9,14-15,18,22,26H,10-13,16-17,19-21H2,1-5H3,(H,38,39)/t22-/m0/s1. The van der Waals surface area contributed by atoms with Crippen LogP contribution >= 0.6 is 0 Å². The number of ether oxygens (including phenoxy) is 1. The third-order valence-electron chi connectivity index (χ3n) is 10.5. The number of amides is 1. The molecule has 0 saturated carbocycles. The van der Waals surface area contributed by atoms with Crippen molar-refractivity contribution in [2.24, 2.45) is 12.5 Å². The Kier molecular flexibility index (Phi) is 7.40. The fraction of sp³-hybridized carbons (Fsp3) is 0.472. The summed E-state index contributed by atoms with van der Waals surface area (Å²) in [6.07, 6.45) is 5.56. The Balaban J connectivity index is 1.02. The first-order chi connectivity index (χ1) is 23.1. The summed E-state index contributed by atoms with van der Waals surface area (Å²) in [4.78, 5) is 43.0. The lowest BCUT2D eigenvalue weighted by atomic mass is 9.90. The van der Waals surface area contributed by atoms with Gasteiger partial charge < -0.3 is 19.5 Å². The third-order valence-corrected chi connectivity index (χ3v) is 10.5. The molecule has 0 radical (unpaired) electrons. The van der Waals surface area contributed by atoms with E-state index in [-0.39, 0.29) is 16.9 Å². The van der Waals surface area contributed by atoms with Crippen LogP contribution in [0.25, 0.3) is 11.3 Å². The fourth-order valence-corrected chi connectivity index (χ4v) is 7.92. The minimum atomic E-state index is -0.260. The first kappa shape index (κ1) is 30.8. The van der Waals surface area contributed by atoms with Crippen LogP contribution < -0.4 is 20.7 Å². The lowest BCUT2D eigenvalue weighted by Crippen LogP contribution is -2.59. The van der Waals surface area contributed by atoms with E-state index in [1.54, 1.807) is 24.2 Å². The number of fused-ring (bicyclic) bond motifs is 3. The quantitative estimate of drug-likeness (QED) is 0.334. The van der Waals surface area contributed by atoms with Crippen LogP contribution in [0.1, 0.15) is 48.1 Å². The highest BCUT2D eigenvalue weighted by atomic mass is 16.5. The molecule has 8 rings (SSSR count). The van der Waals surface area contributed by atoms with Gasteiger partial charge in [0, 0.05) is 68.8 Å². The van der Waals surface area contributed by atoms with Crippen molar-refractivity contribution in [3.63, 3.8) is 0 Å². The molecule has 3 aliphatic heterocycles. The number of aromatic nitrogens is 5. The zero-order valence-corrected chi connectivity index (χ0v) is 28.4. The summed E-state index contributed by atoms with van der Waals surface area (Å²) in [6, 6.07) is 10.6. The Morgan fingerprint density at radius 1 is 1.00 bits per heavy atom. The molecule has 4 aliphatic rings. The van der Waals surface area contributed by atoms with Crippen molar-refractivity contribution >= 4 is 28.9 Å². The number of nitrogens with one attached hydrogen (secondary N) is 1. The van der Waals surface area contributed by atoms with Gasteiger partial charge in [0.2, 0.25) is 0 Å². The van der Waals surface area contributed by atoms with E-state index in [2.05, 4.69) is 67.7 Å². The molecule has 0 spiro atoms. The summed E-state index contributed by atoms with van der Waals surface area (Å²) in [5.74, 6) is 1.16. The molecule has 1 aliphatic carbocycles. The number of pyridine rings is 2. The maximum atomic E-state index is 13.8. The monoisotopic (exact) mass is 649 g/mol. The second-order valence-electron chi connectivity index (χ2n) is 14.6. The topological polar surface area (TPSA) is 114 Å². The van der Waals surface area contributed by atoms with Crippen LogP contribution in [0.15, 0.2) is 47.5 Å². The van der Waals surface area contributed by atoms with Crippen molar-refractivity contribution < 1.29 is 9.53 Å².